The van der Waals surface area contributed by atoms with Gasteiger partial charge in [0.05, 0.1) is 13.2 Å². The molecule has 0 aliphatic carbocycles. The largest absolute Gasteiger partial charge is 0.467 e. The van der Waals surface area contributed by atoms with Gasteiger partial charge in [0.1, 0.15) is 12.1 Å². The lowest BCUT2D eigenvalue weighted by atomic mass is 10.0. The van der Waals surface area contributed by atoms with Crippen molar-refractivity contribution in [2.24, 2.45) is 11.7 Å². The number of ether oxygens (including phenoxy) is 1. The Morgan fingerprint density at radius 2 is 1.64 bits per heavy atom. The lowest BCUT2D eigenvalue weighted by Crippen LogP contribution is -2.55. The number of hydrogen-bond acceptors (Lipinski definition) is 5. The van der Waals surface area contributed by atoms with E-state index in [1.807, 2.05) is 51.1 Å². The zero-order valence-electron chi connectivity index (χ0n) is 17.2. The van der Waals surface area contributed by atoms with Crippen LogP contribution in [0.25, 0.3) is 0 Å². The second kappa shape index (κ2) is 12.1. The van der Waals surface area contributed by atoms with Crippen LogP contribution in [0.15, 0.2) is 30.3 Å². The molecule has 0 unspecified atom stereocenters. The topological polar surface area (TPSA) is 111 Å². The summed E-state index contributed by atoms with van der Waals surface area (Å²) >= 11 is 0. The third kappa shape index (κ3) is 8.08. The summed E-state index contributed by atoms with van der Waals surface area (Å²) < 4.78 is 4.84. The highest BCUT2D eigenvalue weighted by Crippen LogP contribution is 2.09. The van der Waals surface area contributed by atoms with Crippen molar-refractivity contribution in [3.8, 4) is 0 Å². The van der Waals surface area contributed by atoms with Gasteiger partial charge in [0.15, 0.2) is 0 Å². The molecule has 1 rings (SSSR count). The predicted molar refractivity (Wildman–Crippen MR) is 108 cm³/mol. The van der Waals surface area contributed by atoms with Crippen LogP contribution in [0.3, 0.4) is 0 Å². The highest BCUT2D eigenvalue weighted by atomic mass is 16.5. The van der Waals surface area contributed by atoms with E-state index in [9.17, 15) is 14.4 Å². The van der Waals surface area contributed by atoms with Gasteiger partial charge in [0.2, 0.25) is 11.8 Å². The summed E-state index contributed by atoms with van der Waals surface area (Å²) in [4.78, 5) is 37.3. The number of hydrogen-bond donors (Lipinski definition) is 3. The van der Waals surface area contributed by atoms with E-state index in [1.54, 1.807) is 0 Å². The van der Waals surface area contributed by atoms with Crippen molar-refractivity contribution in [3.63, 3.8) is 0 Å². The standard InChI is InChI=1S/C21H33N3O4/c1-5-9-16(22)19(25)23-17(12-14(2)3)20(26)24-18(21(27)28-4)13-15-10-7-6-8-11-15/h6-8,10-11,14,16-18H,5,9,12-13,22H2,1-4H3,(H,23,25)(H,24,26)/t16-,17-,18-/m0/s1. The Morgan fingerprint density at radius 1 is 1.04 bits per heavy atom. The second-order valence-corrected chi connectivity index (χ2v) is 7.36. The van der Waals surface area contributed by atoms with Gasteiger partial charge in [-0.15, -0.1) is 0 Å². The third-order valence-electron chi connectivity index (χ3n) is 4.36. The minimum Gasteiger partial charge on any atom is -0.467 e. The molecule has 2 amide bonds. The van der Waals surface area contributed by atoms with Crippen molar-refractivity contribution in [1.82, 2.24) is 10.6 Å². The molecule has 0 aromatic heterocycles. The average Bonchev–Trinajstić information content (AvgIpc) is 2.66. The number of carbonyl (C=O) groups excluding carboxylic acids is 3. The lowest BCUT2D eigenvalue weighted by molar-refractivity contribution is -0.145. The van der Waals surface area contributed by atoms with E-state index in [0.29, 0.717) is 19.3 Å². The van der Waals surface area contributed by atoms with Gasteiger partial charge in [-0.3, -0.25) is 9.59 Å². The van der Waals surface area contributed by atoms with Crippen molar-refractivity contribution in [2.75, 3.05) is 7.11 Å². The minimum absolute atomic E-state index is 0.171. The zero-order chi connectivity index (χ0) is 21.1. The van der Waals surface area contributed by atoms with Gasteiger partial charge in [-0.25, -0.2) is 4.79 Å². The van der Waals surface area contributed by atoms with Gasteiger partial charge in [0, 0.05) is 6.42 Å². The highest BCUT2D eigenvalue weighted by Gasteiger charge is 2.29. The van der Waals surface area contributed by atoms with Crippen LogP contribution in [0.4, 0.5) is 0 Å². The van der Waals surface area contributed by atoms with Gasteiger partial charge in [-0.1, -0.05) is 57.5 Å². The Balaban J connectivity index is 2.88. The molecule has 0 fully saturated rings. The summed E-state index contributed by atoms with van der Waals surface area (Å²) in [6, 6.07) is 7.09. The maximum absolute atomic E-state index is 12.8. The lowest BCUT2D eigenvalue weighted by Gasteiger charge is -2.24. The van der Waals surface area contributed by atoms with Crippen LogP contribution in [0.2, 0.25) is 0 Å². The average molecular weight is 392 g/mol. The summed E-state index contributed by atoms with van der Waals surface area (Å²) in [6.45, 7) is 5.86. The van der Waals surface area contributed by atoms with Crippen LogP contribution in [0, 0.1) is 5.92 Å². The number of esters is 1. The summed E-state index contributed by atoms with van der Waals surface area (Å²) in [6.07, 6.45) is 2.06. The molecule has 3 atom stereocenters. The van der Waals surface area contributed by atoms with E-state index >= 15 is 0 Å². The molecule has 4 N–H and O–H groups in total. The first-order valence-corrected chi connectivity index (χ1v) is 9.76. The number of carbonyl (C=O) groups is 3. The molecule has 0 aliphatic heterocycles. The maximum Gasteiger partial charge on any atom is 0.328 e. The van der Waals surface area contributed by atoms with Crippen LogP contribution in [-0.2, 0) is 25.5 Å². The van der Waals surface area contributed by atoms with E-state index in [1.165, 1.54) is 7.11 Å². The summed E-state index contributed by atoms with van der Waals surface area (Å²) in [5, 5.41) is 5.46. The summed E-state index contributed by atoms with van der Waals surface area (Å²) in [5.41, 5.74) is 6.76. The van der Waals surface area contributed by atoms with Crippen LogP contribution in [-0.4, -0.2) is 43.0 Å². The second-order valence-electron chi connectivity index (χ2n) is 7.36. The SMILES string of the molecule is CCC[C@H](N)C(=O)N[C@@H](CC(C)C)C(=O)N[C@@H](Cc1ccccc1)C(=O)OC. The van der Waals surface area contributed by atoms with E-state index in [4.69, 9.17) is 10.5 Å². The molecule has 0 radical (unpaired) electrons. The molecule has 7 nitrogen and oxygen atoms in total. The van der Waals surface area contributed by atoms with Gasteiger partial charge in [0.25, 0.3) is 0 Å². The first kappa shape index (κ1) is 23.6. The molecule has 28 heavy (non-hydrogen) atoms. The monoisotopic (exact) mass is 391 g/mol. The van der Waals surface area contributed by atoms with Crippen molar-refractivity contribution in [1.29, 1.82) is 0 Å². The molecule has 0 saturated carbocycles. The third-order valence-corrected chi connectivity index (χ3v) is 4.36. The molecule has 0 aliphatic rings. The van der Waals surface area contributed by atoms with Gasteiger partial charge in [-0.05, 0) is 24.3 Å². The van der Waals surface area contributed by atoms with E-state index in [0.717, 1.165) is 12.0 Å². The van der Waals surface area contributed by atoms with E-state index in [-0.39, 0.29) is 11.8 Å². The van der Waals surface area contributed by atoms with E-state index < -0.39 is 30.0 Å². The molecule has 0 saturated heterocycles. The Morgan fingerprint density at radius 3 is 2.18 bits per heavy atom. The Kier molecular flexibility index (Phi) is 10.2. The number of benzene rings is 1. The summed E-state index contributed by atoms with van der Waals surface area (Å²) in [5.74, 6) is -1.14. The Hall–Kier alpha value is -2.41. The zero-order valence-corrected chi connectivity index (χ0v) is 17.2. The number of methoxy groups -OCH3 is 1. The highest BCUT2D eigenvalue weighted by molar-refractivity contribution is 5.92. The predicted octanol–water partition coefficient (Wildman–Crippen LogP) is 1.55. The van der Waals surface area contributed by atoms with Crippen LogP contribution in [0.1, 0.15) is 45.6 Å². The van der Waals surface area contributed by atoms with E-state index in [2.05, 4.69) is 10.6 Å². The van der Waals surface area contributed by atoms with Gasteiger partial charge in [-0.2, -0.15) is 0 Å². The number of rotatable bonds is 11. The van der Waals surface area contributed by atoms with Crippen LogP contribution >= 0.6 is 0 Å². The molecule has 7 heteroatoms. The quantitative estimate of drug-likeness (QED) is 0.496. The fourth-order valence-electron chi connectivity index (χ4n) is 2.88. The minimum atomic E-state index is -0.837. The summed E-state index contributed by atoms with van der Waals surface area (Å²) in [7, 11) is 1.28. The molecular weight excluding hydrogens is 358 g/mol. The fraction of sp³-hybridized carbons (Fsp3) is 0.571. The van der Waals surface area contributed by atoms with Crippen molar-refractivity contribution >= 4 is 17.8 Å². The van der Waals surface area contributed by atoms with Crippen molar-refractivity contribution < 1.29 is 19.1 Å². The number of nitrogens with one attached hydrogen (secondary N) is 2. The molecule has 0 heterocycles. The maximum atomic E-state index is 12.8. The Labute approximate surface area is 167 Å². The van der Waals surface area contributed by atoms with Gasteiger partial charge >= 0.3 is 5.97 Å². The molecule has 0 bridgehead atoms. The van der Waals surface area contributed by atoms with Gasteiger partial charge < -0.3 is 21.1 Å². The molecule has 156 valence electrons. The normalized spacial score (nSPS) is 14.1. The van der Waals surface area contributed by atoms with Crippen molar-refractivity contribution in [2.45, 2.75) is 64.6 Å². The number of amides is 2. The van der Waals surface area contributed by atoms with Crippen LogP contribution < -0.4 is 16.4 Å². The smallest absolute Gasteiger partial charge is 0.328 e. The fourth-order valence-corrected chi connectivity index (χ4v) is 2.88. The molecule has 0 spiro atoms. The molecule has 1 aromatic carbocycles. The molecular formula is C21H33N3O4. The first-order valence-electron chi connectivity index (χ1n) is 9.76. The van der Waals surface area contributed by atoms with Crippen molar-refractivity contribution in [3.05, 3.63) is 35.9 Å². The number of nitrogens with two attached hydrogens (primary N) is 1. The van der Waals surface area contributed by atoms with Crippen LogP contribution in [0.5, 0.6) is 0 Å². The molecule has 1 aromatic rings. The first-order chi connectivity index (χ1) is 13.3. The Bertz CT molecular complexity index is 634.